The molecule has 0 aliphatic heterocycles. The van der Waals surface area contributed by atoms with E-state index in [-0.39, 0.29) is 11.4 Å². The van der Waals surface area contributed by atoms with Gasteiger partial charge in [0.25, 0.3) is 0 Å². The maximum absolute atomic E-state index is 12.7. The van der Waals surface area contributed by atoms with Crippen molar-refractivity contribution in [1.29, 1.82) is 0 Å². The number of rotatable bonds is 5. The molecule has 114 valence electrons. The van der Waals surface area contributed by atoms with E-state index in [4.69, 9.17) is 17.3 Å². The maximum Gasteiger partial charge on any atom is 0.243 e. The fourth-order valence-electron chi connectivity index (χ4n) is 2.06. The van der Waals surface area contributed by atoms with Gasteiger partial charge in [0.1, 0.15) is 0 Å². The van der Waals surface area contributed by atoms with Crippen LogP contribution >= 0.6 is 22.9 Å². The van der Waals surface area contributed by atoms with Gasteiger partial charge in [0.15, 0.2) is 0 Å². The third-order valence-corrected chi connectivity index (χ3v) is 6.31. The Morgan fingerprint density at radius 2 is 2.10 bits per heavy atom. The van der Waals surface area contributed by atoms with Crippen LogP contribution in [0.5, 0.6) is 0 Å². The molecule has 2 N–H and O–H groups in total. The minimum absolute atomic E-state index is 0.217. The Balaban J connectivity index is 2.41. The Labute approximate surface area is 134 Å². The summed E-state index contributed by atoms with van der Waals surface area (Å²) < 4.78 is 26.8. The normalized spacial score (nSPS) is 12.0. The Bertz CT molecular complexity index is 728. The Morgan fingerprint density at radius 3 is 2.67 bits per heavy atom. The van der Waals surface area contributed by atoms with Crippen molar-refractivity contribution in [1.82, 2.24) is 4.31 Å². The Morgan fingerprint density at radius 1 is 1.38 bits per heavy atom. The molecule has 21 heavy (non-hydrogen) atoms. The average Bonchev–Trinajstić information content (AvgIpc) is 2.93. The van der Waals surface area contributed by atoms with E-state index in [9.17, 15) is 8.42 Å². The number of halogens is 1. The van der Waals surface area contributed by atoms with Gasteiger partial charge < -0.3 is 5.73 Å². The van der Waals surface area contributed by atoms with Gasteiger partial charge in [0.2, 0.25) is 10.0 Å². The van der Waals surface area contributed by atoms with E-state index in [0.29, 0.717) is 17.1 Å². The second kappa shape index (κ2) is 6.46. The molecule has 1 aromatic carbocycles. The molecule has 1 heterocycles. The molecular weight excluding hydrogens is 328 g/mol. The Hall–Kier alpha value is -0.920. The van der Waals surface area contributed by atoms with Crippen molar-refractivity contribution in [2.24, 2.45) is 5.73 Å². The van der Waals surface area contributed by atoms with Gasteiger partial charge in [-0.25, -0.2) is 8.42 Å². The lowest BCUT2D eigenvalue weighted by atomic mass is 10.1. The van der Waals surface area contributed by atoms with Crippen LogP contribution in [0.3, 0.4) is 0 Å². The highest BCUT2D eigenvalue weighted by atomic mass is 35.5. The van der Waals surface area contributed by atoms with Gasteiger partial charge in [-0.15, -0.1) is 11.3 Å². The fraction of sp³-hybridized carbons (Fsp3) is 0.286. The molecule has 0 saturated heterocycles. The predicted molar refractivity (Wildman–Crippen MR) is 87.1 cm³/mol. The van der Waals surface area contributed by atoms with Crippen LogP contribution in [0.4, 0.5) is 0 Å². The van der Waals surface area contributed by atoms with Crippen LogP contribution < -0.4 is 5.73 Å². The molecule has 0 unspecified atom stereocenters. The third-order valence-electron chi connectivity index (χ3n) is 3.30. The number of sulfonamides is 1. The molecule has 0 atom stereocenters. The van der Waals surface area contributed by atoms with Crippen LogP contribution in [0.1, 0.15) is 16.0 Å². The van der Waals surface area contributed by atoms with Crippen LogP contribution in [0.2, 0.25) is 5.02 Å². The predicted octanol–water partition coefficient (Wildman–Crippen LogP) is 2.99. The van der Waals surface area contributed by atoms with E-state index in [1.807, 2.05) is 17.5 Å². The van der Waals surface area contributed by atoms with Crippen molar-refractivity contribution in [3.63, 3.8) is 0 Å². The molecule has 0 spiro atoms. The minimum Gasteiger partial charge on any atom is -0.326 e. The van der Waals surface area contributed by atoms with Gasteiger partial charge in [-0.3, -0.25) is 0 Å². The SMILES string of the molecule is Cc1c(CN)cc(Cl)cc1S(=O)(=O)N(C)Cc1cccs1. The molecule has 7 heteroatoms. The number of nitrogens with two attached hydrogens (primary N) is 1. The van der Waals surface area contributed by atoms with Gasteiger partial charge in [0, 0.05) is 30.0 Å². The molecule has 0 amide bonds. The summed E-state index contributed by atoms with van der Waals surface area (Å²) in [6.07, 6.45) is 0. The van der Waals surface area contributed by atoms with E-state index in [1.165, 1.54) is 21.7 Å². The van der Waals surface area contributed by atoms with E-state index in [2.05, 4.69) is 0 Å². The number of benzene rings is 1. The smallest absolute Gasteiger partial charge is 0.243 e. The number of nitrogens with zero attached hydrogens (tertiary/aromatic N) is 1. The third kappa shape index (κ3) is 3.46. The molecule has 2 rings (SSSR count). The molecule has 0 bridgehead atoms. The van der Waals surface area contributed by atoms with Crippen LogP contribution in [0.25, 0.3) is 0 Å². The lowest BCUT2D eigenvalue weighted by Crippen LogP contribution is -2.27. The molecule has 0 saturated carbocycles. The lowest BCUT2D eigenvalue weighted by Gasteiger charge is -2.19. The molecule has 0 radical (unpaired) electrons. The summed E-state index contributed by atoms with van der Waals surface area (Å²) in [5.41, 5.74) is 7.05. The molecule has 0 aliphatic rings. The van der Waals surface area contributed by atoms with E-state index >= 15 is 0 Å². The van der Waals surface area contributed by atoms with Crippen molar-refractivity contribution in [2.75, 3.05) is 7.05 Å². The van der Waals surface area contributed by atoms with Crippen molar-refractivity contribution in [3.05, 3.63) is 50.7 Å². The molecule has 0 fully saturated rings. The maximum atomic E-state index is 12.7. The average molecular weight is 345 g/mol. The largest absolute Gasteiger partial charge is 0.326 e. The van der Waals surface area contributed by atoms with Gasteiger partial charge in [-0.05, 0) is 41.6 Å². The summed E-state index contributed by atoms with van der Waals surface area (Å²) in [4.78, 5) is 1.20. The quantitative estimate of drug-likeness (QED) is 0.906. The highest BCUT2D eigenvalue weighted by molar-refractivity contribution is 7.89. The standard InChI is InChI=1S/C14H17ClN2O2S2/c1-10-11(8-16)6-12(15)7-14(10)21(18,19)17(2)9-13-4-3-5-20-13/h3-7H,8-9,16H2,1-2H3. The van der Waals surface area contributed by atoms with E-state index < -0.39 is 10.0 Å². The van der Waals surface area contributed by atoms with Crippen molar-refractivity contribution < 1.29 is 8.42 Å². The zero-order valence-electron chi connectivity index (χ0n) is 11.8. The highest BCUT2D eigenvalue weighted by Gasteiger charge is 2.24. The molecular formula is C14H17ClN2O2S2. The number of hydrogen-bond donors (Lipinski definition) is 1. The first-order valence-electron chi connectivity index (χ1n) is 6.34. The topological polar surface area (TPSA) is 63.4 Å². The second-order valence-electron chi connectivity index (χ2n) is 4.73. The summed E-state index contributed by atoms with van der Waals surface area (Å²) in [7, 11) is -2.03. The van der Waals surface area contributed by atoms with Crippen molar-refractivity contribution >= 4 is 33.0 Å². The van der Waals surface area contributed by atoms with Crippen LogP contribution in [0.15, 0.2) is 34.5 Å². The van der Waals surface area contributed by atoms with Crippen LogP contribution in [-0.2, 0) is 23.1 Å². The first-order valence-corrected chi connectivity index (χ1v) is 9.04. The fourth-order valence-corrected chi connectivity index (χ4v) is 4.65. The minimum atomic E-state index is -3.60. The van der Waals surface area contributed by atoms with Gasteiger partial charge >= 0.3 is 0 Å². The zero-order chi connectivity index (χ0) is 15.6. The van der Waals surface area contributed by atoms with Crippen molar-refractivity contribution in [3.8, 4) is 0 Å². The lowest BCUT2D eigenvalue weighted by molar-refractivity contribution is 0.469. The molecule has 0 aliphatic carbocycles. The molecule has 1 aromatic heterocycles. The summed E-state index contributed by atoms with van der Waals surface area (Å²) in [5, 5.41) is 2.30. The van der Waals surface area contributed by atoms with Crippen molar-refractivity contribution in [2.45, 2.75) is 24.9 Å². The first-order chi connectivity index (χ1) is 9.86. The van der Waals surface area contributed by atoms with Crippen LogP contribution in [-0.4, -0.2) is 19.8 Å². The first kappa shape index (κ1) is 16.5. The summed E-state index contributed by atoms with van der Waals surface area (Å²) in [6, 6.07) is 7.00. The van der Waals surface area contributed by atoms with Gasteiger partial charge in [-0.2, -0.15) is 4.31 Å². The number of hydrogen-bond acceptors (Lipinski definition) is 4. The number of thiophene rings is 1. The second-order valence-corrected chi connectivity index (χ2v) is 8.21. The summed E-state index contributed by atoms with van der Waals surface area (Å²) >= 11 is 7.54. The van der Waals surface area contributed by atoms with Gasteiger partial charge in [0.05, 0.1) is 4.90 Å². The van der Waals surface area contributed by atoms with Crippen LogP contribution in [0, 0.1) is 6.92 Å². The Kier molecular flexibility index (Phi) is 5.06. The molecule has 2 aromatic rings. The highest BCUT2D eigenvalue weighted by Crippen LogP contribution is 2.27. The molecule has 4 nitrogen and oxygen atoms in total. The monoisotopic (exact) mass is 344 g/mol. The zero-order valence-corrected chi connectivity index (χ0v) is 14.2. The summed E-state index contributed by atoms with van der Waals surface area (Å²) in [5.74, 6) is 0. The summed E-state index contributed by atoms with van der Waals surface area (Å²) in [6.45, 7) is 2.35. The van der Waals surface area contributed by atoms with Gasteiger partial charge in [-0.1, -0.05) is 17.7 Å². The van der Waals surface area contributed by atoms with E-state index in [0.717, 1.165) is 10.4 Å². The van der Waals surface area contributed by atoms with E-state index in [1.54, 1.807) is 20.0 Å².